The Bertz CT molecular complexity index is 990. The van der Waals surface area contributed by atoms with Crippen molar-refractivity contribution in [2.45, 2.75) is 12.6 Å². The van der Waals surface area contributed by atoms with E-state index in [0.29, 0.717) is 12.1 Å². The smallest absolute Gasteiger partial charge is 0.255 e. The molecule has 0 fully saturated rings. The van der Waals surface area contributed by atoms with E-state index in [1.54, 1.807) is 29.5 Å². The molecule has 1 N–H and O–H groups in total. The van der Waals surface area contributed by atoms with Gasteiger partial charge in [-0.15, -0.1) is 0 Å². The highest BCUT2D eigenvalue weighted by Crippen LogP contribution is 2.22. The zero-order valence-corrected chi connectivity index (χ0v) is 15.3. The van der Waals surface area contributed by atoms with E-state index in [1.165, 1.54) is 0 Å². The van der Waals surface area contributed by atoms with E-state index in [2.05, 4.69) is 15.4 Å². The summed E-state index contributed by atoms with van der Waals surface area (Å²) >= 11 is 0. The molecule has 0 bridgehead atoms. The van der Waals surface area contributed by atoms with Gasteiger partial charge in [0, 0.05) is 18.6 Å². The third kappa shape index (κ3) is 4.15. The monoisotopic (exact) mass is 368 g/mol. The molecule has 2 aromatic carbocycles. The van der Waals surface area contributed by atoms with Crippen LogP contribution in [0.3, 0.4) is 0 Å². The van der Waals surface area contributed by atoms with Crippen molar-refractivity contribution in [3.05, 3.63) is 120 Å². The van der Waals surface area contributed by atoms with Gasteiger partial charge in [0.15, 0.2) is 0 Å². The summed E-state index contributed by atoms with van der Waals surface area (Å²) in [5.41, 5.74) is 3.66. The van der Waals surface area contributed by atoms with Gasteiger partial charge in [-0.05, 0) is 28.8 Å². The molecule has 0 aliphatic carbocycles. The lowest BCUT2D eigenvalue weighted by molar-refractivity contribution is 0.0943. The molecular formula is C23H20N4O. The van der Waals surface area contributed by atoms with Gasteiger partial charge in [0.25, 0.3) is 5.91 Å². The Kier molecular flexibility index (Phi) is 5.24. The van der Waals surface area contributed by atoms with Crippen LogP contribution in [0.4, 0.5) is 0 Å². The highest BCUT2D eigenvalue weighted by atomic mass is 16.1. The molecule has 4 rings (SSSR count). The normalized spacial score (nSPS) is 11.7. The van der Waals surface area contributed by atoms with Crippen LogP contribution in [0.25, 0.3) is 0 Å². The van der Waals surface area contributed by atoms with Gasteiger partial charge < -0.3 is 5.32 Å². The minimum Gasteiger partial charge on any atom is -0.341 e. The first-order chi connectivity index (χ1) is 13.8. The van der Waals surface area contributed by atoms with Crippen LogP contribution in [-0.4, -0.2) is 20.7 Å². The standard InChI is InChI=1S/C23H20N4O/c28-23(21-15-25-27(17-21)16-18-7-3-1-4-8-18)26-22(19-9-5-2-6-10-19)20-11-13-24-14-12-20/h1-15,17,22H,16H2,(H,26,28). The number of rotatable bonds is 6. The number of carbonyl (C=O) groups is 1. The fraction of sp³-hybridized carbons (Fsp3) is 0.0870. The van der Waals surface area contributed by atoms with E-state index in [1.807, 2.05) is 72.8 Å². The van der Waals surface area contributed by atoms with E-state index >= 15 is 0 Å². The summed E-state index contributed by atoms with van der Waals surface area (Å²) in [6.07, 6.45) is 6.84. The van der Waals surface area contributed by atoms with Crippen LogP contribution >= 0.6 is 0 Å². The minimum absolute atomic E-state index is 0.162. The maximum atomic E-state index is 12.9. The van der Waals surface area contributed by atoms with Crippen molar-refractivity contribution in [2.75, 3.05) is 0 Å². The summed E-state index contributed by atoms with van der Waals surface area (Å²) in [4.78, 5) is 17.0. The number of aromatic nitrogens is 3. The Morgan fingerprint density at radius 2 is 1.54 bits per heavy atom. The fourth-order valence-electron chi connectivity index (χ4n) is 3.11. The number of pyridine rings is 1. The molecule has 2 aromatic heterocycles. The Morgan fingerprint density at radius 3 is 2.25 bits per heavy atom. The van der Waals surface area contributed by atoms with E-state index in [0.717, 1.165) is 16.7 Å². The summed E-state index contributed by atoms with van der Waals surface area (Å²) in [7, 11) is 0. The van der Waals surface area contributed by atoms with Gasteiger partial charge in [-0.3, -0.25) is 14.5 Å². The number of hydrogen-bond donors (Lipinski definition) is 1. The first-order valence-corrected chi connectivity index (χ1v) is 9.12. The Labute approximate surface area is 163 Å². The second kappa shape index (κ2) is 8.31. The Morgan fingerprint density at radius 1 is 0.893 bits per heavy atom. The average Bonchev–Trinajstić information content (AvgIpc) is 3.22. The van der Waals surface area contributed by atoms with E-state index in [4.69, 9.17) is 0 Å². The SMILES string of the molecule is O=C(NC(c1ccccc1)c1ccncc1)c1cnn(Cc2ccccc2)c1. The molecule has 0 radical (unpaired) electrons. The lowest BCUT2D eigenvalue weighted by Crippen LogP contribution is -2.29. The molecule has 2 heterocycles. The molecule has 4 aromatic rings. The molecule has 138 valence electrons. The van der Waals surface area contributed by atoms with Gasteiger partial charge in [-0.1, -0.05) is 60.7 Å². The maximum Gasteiger partial charge on any atom is 0.255 e. The van der Waals surface area contributed by atoms with Crippen LogP contribution in [0.1, 0.15) is 33.1 Å². The van der Waals surface area contributed by atoms with Crippen LogP contribution < -0.4 is 5.32 Å². The third-order valence-electron chi connectivity index (χ3n) is 4.53. The lowest BCUT2D eigenvalue weighted by atomic mass is 9.99. The van der Waals surface area contributed by atoms with Crippen LogP contribution in [0.15, 0.2) is 97.6 Å². The van der Waals surface area contributed by atoms with Gasteiger partial charge in [0.05, 0.1) is 24.3 Å². The molecule has 0 saturated carbocycles. The summed E-state index contributed by atoms with van der Waals surface area (Å²) in [6.45, 7) is 0.626. The first kappa shape index (κ1) is 17.7. The van der Waals surface area contributed by atoms with Crippen molar-refractivity contribution >= 4 is 5.91 Å². The topological polar surface area (TPSA) is 59.8 Å². The number of nitrogens with one attached hydrogen (secondary N) is 1. The predicted octanol–water partition coefficient (Wildman–Crippen LogP) is 3.85. The van der Waals surface area contributed by atoms with Crippen molar-refractivity contribution < 1.29 is 4.79 Å². The molecule has 5 nitrogen and oxygen atoms in total. The summed E-state index contributed by atoms with van der Waals surface area (Å²) in [5, 5.41) is 7.45. The highest BCUT2D eigenvalue weighted by Gasteiger charge is 2.18. The zero-order chi connectivity index (χ0) is 19.2. The molecule has 5 heteroatoms. The van der Waals surface area contributed by atoms with Gasteiger partial charge in [-0.25, -0.2) is 0 Å². The van der Waals surface area contributed by atoms with Gasteiger partial charge >= 0.3 is 0 Å². The van der Waals surface area contributed by atoms with Crippen molar-refractivity contribution in [2.24, 2.45) is 0 Å². The van der Waals surface area contributed by atoms with Gasteiger partial charge in [0.2, 0.25) is 0 Å². The minimum atomic E-state index is -0.255. The number of nitrogens with zero attached hydrogens (tertiary/aromatic N) is 3. The molecule has 1 atom stereocenters. The van der Waals surface area contributed by atoms with Crippen molar-refractivity contribution in [3.63, 3.8) is 0 Å². The molecule has 0 aliphatic heterocycles. The molecule has 0 aliphatic rings. The molecule has 1 unspecified atom stereocenters. The van der Waals surface area contributed by atoms with Crippen LogP contribution in [-0.2, 0) is 6.54 Å². The van der Waals surface area contributed by atoms with Crippen LogP contribution in [0.5, 0.6) is 0 Å². The summed E-state index contributed by atoms with van der Waals surface area (Å²) in [5.74, 6) is -0.162. The number of amides is 1. The van der Waals surface area contributed by atoms with Crippen molar-refractivity contribution in [3.8, 4) is 0 Å². The molecule has 28 heavy (non-hydrogen) atoms. The third-order valence-corrected chi connectivity index (χ3v) is 4.53. The zero-order valence-electron chi connectivity index (χ0n) is 15.3. The van der Waals surface area contributed by atoms with Gasteiger partial charge in [0.1, 0.15) is 0 Å². The second-order valence-corrected chi connectivity index (χ2v) is 6.51. The van der Waals surface area contributed by atoms with Crippen molar-refractivity contribution in [1.82, 2.24) is 20.1 Å². The van der Waals surface area contributed by atoms with E-state index in [9.17, 15) is 4.79 Å². The first-order valence-electron chi connectivity index (χ1n) is 9.12. The fourth-order valence-corrected chi connectivity index (χ4v) is 3.11. The highest BCUT2D eigenvalue weighted by molar-refractivity contribution is 5.94. The molecular weight excluding hydrogens is 348 g/mol. The van der Waals surface area contributed by atoms with E-state index in [-0.39, 0.29) is 11.9 Å². The van der Waals surface area contributed by atoms with E-state index < -0.39 is 0 Å². The maximum absolute atomic E-state index is 12.9. The van der Waals surface area contributed by atoms with Crippen LogP contribution in [0.2, 0.25) is 0 Å². The second-order valence-electron chi connectivity index (χ2n) is 6.51. The molecule has 0 saturated heterocycles. The summed E-state index contributed by atoms with van der Waals surface area (Å²) < 4.78 is 1.77. The van der Waals surface area contributed by atoms with Gasteiger partial charge in [-0.2, -0.15) is 5.10 Å². The number of hydrogen-bond acceptors (Lipinski definition) is 3. The number of carbonyl (C=O) groups excluding carboxylic acids is 1. The molecule has 1 amide bonds. The summed E-state index contributed by atoms with van der Waals surface area (Å²) in [6, 6.07) is 23.5. The Balaban J connectivity index is 1.54. The lowest BCUT2D eigenvalue weighted by Gasteiger charge is -2.19. The average molecular weight is 368 g/mol. The predicted molar refractivity (Wildman–Crippen MR) is 108 cm³/mol. The van der Waals surface area contributed by atoms with Crippen LogP contribution in [0, 0.1) is 0 Å². The Hall–Kier alpha value is -3.73. The largest absolute Gasteiger partial charge is 0.341 e. The quantitative estimate of drug-likeness (QED) is 0.562. The number of benzene rings is 2. The van der Waals surface area contributed by atoms with Crippen molar-refractivity contribution in [1.29, 1.82) is 0 Å². The molecule has 0 spiro atoms.